The highest BCUT2D eigenvalue weighted by atomic mass is 32.2. The Balaban J connectivity index is 3.32. The number of hydrogen-bond acceptors (Lipinski definition) is 4. The fraction of sp³-hybridized carbons (Fsp3) is 0.273. The van der Waals surface area contributed by atoms with Crippen LogP contribution < -0.4 is 10.1 Å². The van der Waals surface area contributed by atoms with Gasteiger partial charge in [0.15, 0.2) is 15.7 Å². The van der Waals surface area contributed by atoms with Crippen LogP contribution in [0.4, 0.5) is 10.1 Å². The first kappa shape index (κ1) is 13.3. The number of methoxy groups -OCH3 is 1. The van der Waals surface area contributed by atoms with Gasteiger partial charge in [0.1, 0.15) is 11.4 Å². The van der Waals surface area contributed by atoms with Crippen molar-refractivity contribution in [2.24, 2.45) is 0 Å². The molecule has 0 amide bonds. The zero-order chi connectivity index (χ0) is 13.1. The van der Waals surface area contributed by atoms with Gasteiger partial charge in [-0.25, -0.2) is 12.8 Å². The molecule has 17 heavy (non-hydrogen) atoms. The van der Waals surface area contributed by atoms with E-state index in [4.69, 9.17) is 11.2 Å². The van der Waals surface area contributed by atoms with Gasteiger partial charge >= 0.3 is 0 Å². The first-order chi connectivity index (χ1) is 7.90. The van der Waals surface area contributed by atoms with Gasteiger partial charge in [-0.15, -0.1) is 6.42 Å². The lowest BCUT2D eigenvalue weighted by Gasteiger charge is -2.11. The molecule has 92 valence electrons. The number of benzene rings is 1. The summed E-state index contributed by atoms with van der Waals surface area (Å²) in [5.41, 5.74) is 0.0536. The molecule has 0 aliphatic carbocycles. The Labute approximate surface area is 99.7 Å². The SMILES string of the molecule is C#CCNc1c(F)cc(S(C)(=O)=O)cc1OC. The topological polar surface area (TPSA) is 55.4 Å². The van der Waals surface area contributed by atoms with Crippen LogP contribution in [0.3, 0.4) is 0 Å². The van der Waals surface area contributed by atoms with E-state index >= 15 is 0 Å². The standard InChI is InChI=1S/C11H12FNO3S/c1-4-5-13-11-9(12)6-8(17(3,14)15)7-10(11)16-2/h1,6-7,13H,5H2,2-3H3. The molecule has 0 bridgehead atoms. The van der Waals surface area contributed by atoms with Gasteiger partial charge in [0.2, 0.25) is 0 Å². The lowest BCUT2D eigenvalue weighted by molar-refractivity contribution is 0.412. The Bertz CT molecular complexity index is 561. The summed E-state index contributed by atoms with van der Waals surface area (Å²) < 4.78 is 41.2. The molecule has 0 fully saturated rings. The van der Waals surface area contributed by atoms with Crippen LogP contribution in [0, 0.1) is 18.2 Å². The molecule has 0 aliphatic heterocycles. The monoisotopic (exact) mass is 257 g/mol. The van der Waals surface area contributed by atoms with Crippen LogP contribution in [-0.4, -0.2) is 28.3 Å². The van der Waals surface area contributed by atoms with E-state index in [9.17, 15) is 12.8 Å². The van der Waals surface area contributed by atoms with Gasteiger partial charge in [0, 0.05) is 12.3 Å². The van der Waals surface area contributed by atoms with E-state index in [1.165, 1.54) is 13.2 Å². The van der Waals surface area contributed by atoms with Crippen LogP contribution in [0.2, 0.25) is 0 Å². The number of sulfone groups is 1. The summed E-state index contributed by atoms with van der Waals surface area (Å²) in [6.07, 6.45) is 6.04. The Kier molecular flexibility index (Phi) is 3.97. The molecule has 0 saturated heterocycles. The maximum atomic E-state index is 13.7. The number of anilines is 1. The Morgan fingerprint density at radius 1 is 1.53 bits per heavy atom. The quantitative estimate of drug-likeness (QED) is 0.826. The van der Waals surface area contributed by atoms with Crippen LogP contribution in [0.5, 0.6) is 5.75 Å². The Morgan fingerprint density at radius 2 is 2.18 bits per heavy atom. The van der Waals surface area contributed by atoms with Crippen molar-refractivity contribution in [3.05, 3.63) is 17.9 Å². The Hall–Kier alpha value is -1.74. The molecule has 0 radical (unpaired) electrons. The van der Waals surface area contributed by atoms with Crippen molar-refractivity contribution in [1.82, 2.24) is 0 Å². The van der Waals surface area contributed by atoms with E-state index in [0.717, 1.165) is 12.3 Å². The van der Waals surface area contributed by atoms with Crippen molar-refractivity contribution in [3.8, 4) is 18.1 Å². The molecule has 0 spiro atoms. The minimum absolute atomic E-state index is 0.0536. The van der Waals surface area contributed by atoms with Crippen LogP contribution >= 0.6 is 0 Å². The maximum absolute atomic E-state index is 13.7. The predicted octanol–water partition coefficient (Wildman–Crippen LogP) is 1.28. The van der Waals surface area contributed by atoms with Gasteiger partial charge in [-0.2, -0.15) is 0 Å². The van der Waals surface area contributed by atoms with Crippen molar-refractivity contribution in [2.75, 3.05) is 25.2 Å². The van der Waals surface area contributed by atoms with E-state index < -0.39 is 15.7 Å². The van der Waals surface area contributed by atoms with E-state index in [-0.39, 0.29) is 22.9 Å². The van der Waals surface area contributed by atoms with Crippen molar-refractivity contribution >= 4 is 15.5 Å². The summed E-state index contributed by atoms with van der Waals surface area (Å²) in [7, 11) is -2.16. The largest absolute Gasteiger partial charge is 0.494 e. The first-order valence-corrected chi connectivity index (χ1v) is 6.54. The summed E-state index contributed by atoms with van der Waals surface area (Å²) in [6.45, 7) is 0.117. The second kappa shape index (κ2) is 5.06. The van der Waals surface area contributed by atoms with Crippen molar-refractivity contribution in [2.45, 2.75) is 4.90 Å². The summed E-state index contributed by atoms with van der Waals surface area (Å²) >= 11 is 0. The van der Waals surface area contributed by atoms with Crippen molar-refractivity contribution < 1.29 is 17.5 Å². The molecule has 0 saturated carbocycles. The molecule has 0 aromatic heterocycles. The molecule has 1 aromatic rings. The molecular formula is C11H12FNO3S. The van der Waals surface area contributed by atoms with Crippen molar-refractivity contribution in [3.63, 3.8) is 0 Å². The van der Waals surface area contributed by atoms with Crippen LogP contribution in [0.25, 0.3) is 0 Å². The fourth-order valence-electron chi connectivity index (χ4n) is 1.24. The van der Waals surface area contributed by atoms with Gasteiger partial charge in [0.05, 0.1) is 18.6 Å². The lowest BCUT2D eigenvalue weighted by atomic mass is 10.2. The average molecular weight is 257 g/mol. The number of terminal acetylenes is 1. The third-order valence-corrected chi connectivity index (χ3v) is 3.13. The zero-order valence-corrected chi connectivity index (χ0v) is 10.3. The number of rotatable bonds is 4. The minimum Gasteiger partial charge on any atom is -0.494 e. The number of nitrogens with one attached hydrogen (secondary N) is 1. The summed E-state index contributed by atoms with van der Waals surface area (Å²) in [5, 5.41) is 2.63. The molecule has 0 aliphatic rings. The number of ether oxygens (including phenoxy) is 1. The zero-order valence-electron chi connectivity index (χ0n) is 9.45. The maximum Gasteiger partial charge on any atom is 0.175 e. The van der Waals surface area contributed by atoms with Gasteiger partial charge in [-0.05, 0) is 6.07 Å². The molecular weight excluding hydrogens is 245 g/mol. The molecule has 1 rings (SSSR count). The smallest absolute Gasteiger partial charge is 0.175 e. The number of halogens is 1. The third-order valence-electron chi connectivity index (χ3n) is 2.04. The highest BCUT2D eigenvalue weighted by molar-refractivity contribution is 7.90. The molecule has 1 aromatic carbocycles. The van der Waals surface area contributed by atoms with E-state index in [0.29, 0.717) is 0 Å². The molecule has 0 heterocycles. The highest BCUT2D eigenvalue weighted by Crippen LogP contribution is 2.30. The lowest BCUT2D eigenvalue weighted by Crippen LogP contribution is -2.06. The van der Waals surface area contributed by atoms with Gasteiger partial charge < -0.3 is 10.1 Å². The second-order valence-corrected chi connectivity index (χ2v) is 5.33. The van der Waals surface area contributed by atoms with E-state index in [1.54, 1.807) is 0 Å². The molecule has 1 N–H and O–H groups in total. The van der Waals surface area contributed by atoms with Crippen LogP contribution in [0.15, 0.2) is 17.0 Å². The van der Waals surface area contributed by atoms with Crippen LogP contribution in [-0.2, 0) is 9.84 Å². The fourth-order valence-corrected chi connectivity index (χ4v) is 1.88. The second-order valence-electron chi connectivity index (χ2n) is 3.31. The molecule has 0 atom stereocenters. The van der Waals surface area contributed by atoms with Crippen molar-refractivity contribution in [1.29, 1.82) is 0 Å². The normalized spacial score (nSPS) is 10.7. The third kappa shape index (κ3) is 3.11. The predicted molar refractivity (Wildman–Crippen MR) is 63.4 cm³/mol. The molecule has 6 heteroatoms. The van der Waals surface area contributed by atoms with Gasteiger partial charge in [-0.3, -0.25) is 0 Å². The number of hydrogen-bond donors (Lipinski definition) is 1. The summed E-state index contributed by atoms with van der Waals surface area (Å²) in [5.74, 6) is 1.66. The summed E-state index contributed by atoms with van der Waals surface area (Å²) in [4.78, 5) is -0.141. The molecule has 4 nitrogen and oxygen atoms in total. The van der Waals surface area contributed by atoms with E-state index in [2.05, 4.69) is 11.2 Å². The Morgan fingerprint density at radius 3 is 2.65 bits per heavy atom. The van der Waals surface area contributed by atoms with Crippen LogP contribution in [0.1, 0.15) is 0 Å². The minimum atomic E-state index is -3.48. The summed E-state index contributed by atoms with van der Waals surface area (Å²) in [6, 6.07) is 2.17. The van der Waals surface area contributed by atoms with Gasteiger partial charge in [0.25, 0.3) is 0 Å². The van der Waals surface area contributed by atoms with E-state index in [1.807, 2.05) is 0 Å². The average Bonchev–Trinajstić information content (AvgIpc) is 2.25. The molecule has 0 unspecified atom stereocenters. The first-order valence-electron chi connectivity index (χ1n) is 4.65. The van der Waals surface area contributed by atoms with Gasteiger partial charge in [-0.1, -0.05) is 5.92 Å². The highest BCUT2D eigenvalue weighted by Gasteiger charge is 2.16.